The van der Waals surface area contributed by atoms with E-state index >= 15 is 0 Å². The third kappa shape index (κ3) is 7.03. The van der Waals surface area contributed by atoms with Crippen molar-refractivity contribution in [2.45, 2.75) is 38.4 Å². The van der Waals surface area contributed by atoms with Crippen molar-refractivity contribution in [2.24, 2.45) is 0 Å². The summed E-state index contributed by atoms with van der Waals surface area (Å²) < 4.78 is 28.9. The molecule has 2 atom stereocenters. The first-order valence-electron chi connectivity index (χ1n) is 10.4. The molecule has 174 valence electrons. The van der Waals surface area contributed by atoms with Gasteiger partial charge in [0.1, 0.15) is 11.5 Å². The molecule has 0 aliphatic carbocycles. The molecule has 3 rings (SSSR count). The summed E-state index contributed by atoms with van der Waals surface area (Å²) in [4.78, 5) is 20.9. The van der Waals surface area contributed by atoms with Crippen LogP contribution in [-0.4, -0.2) is 45.3 Å². The summed E-state index contributed by atoms with van der Waals surface area (Å²) in [5.41, 5.74) is 2.85. The molecular weight excluding hydrogens is 432 g/mol. The van der Waals surface area contributed by atoms with Crippen LogP contribution in [0.2, 0.25) is 0 Å². The van der Waals surface area contributed by atoms with Crippen LogP contribution in [0.4, 0.5) is 20.4 Å². The number of rotatable bonds is 11. The molecule has 0 saturated carbocycles. The van der Waals surface area contributed by atoms with Gasteiger partial charge in [-0.25, -0.2) is 9.97 Å². The maximum atomic E-state index is 12.3. The molecule has 0 fully saturated rings. The van der Waals surface area contributed by atoms with Gasteiger partial charge in [-0.2, -0.15) is 8.78 Å². The molecule has 0 amide bonds. The van der Waals surface area contributed by atoms with Gasteiger partial charge in [0, 0.05) is 30.1 Å². The number of aliphatic hydroxyl groups excluding tert-OH is 2. The van der Waals surface area contributed by atoms with Crippen LogP contribution in [0.3, 0.4) is 0 Å². The topological polar surface area (TPSA) is 105 Å². The van der Waals surface area contributed by atoms with E-state index in [9.17, 15) is 23.8 Å². The Hall–Kier alpha value is -3.43. The Kier molecular flexibility index (Phi) is 8.39. The predicted octanol–water partition coefficient (Wildman–Crippen LogP) is 4.29. The first kappa shape index (κ1) is 24.2. The second-order valence-electron chi connectivity index (χ2n) is 7.53. The van der Waals surface area contributed by atoms with E-state index in [2.05, 4.69) is 20.0 Å². The van der Waals surface area contributed by atoms with Crippen molar-refractivity contribution in [3.8, 4) is 16.9 Å². The molecule has 33 heavy (non-hydrogen) atoms. The number of carbonyl (C=O) groups excluding carboxylic acids is 1. The molecule has 0 bridgehead atoms. The van der Waals surface area contributed by atoms with Crippen LogP contribution in [0, 0.1) is 0 Å². The highest BCUT2D eigenvalue weighted by Crippen LogP contribution is 2.25. The molecule has 3 N–H and O–H groups in total. The van der Waals surface area contributed by atoms with E-state index in [0.29, 0.717) is 29.2 Å². The summed E-state index contributed by atoms with van der Waals surface area (Å²) in [6.45, 7) is -1.55. The number of aliphatic hydroxyl groups is 2. The quantitative estimate of drug-likeness (QED) is 0.394. The number of hydrogen-bond donors (Lipinski definition) is 3. The standard InChI is InChI=1S/C24H25F2N3O4/c1-15(31)2-11-22(32)21(14-30)17-3-7-19(8-4-17)29-24-27-12-18(13-28-24)16-5-9-20(10-6-16)33-23(25)26/h3-10,12-13,15,21,23,30-31H,2,11,14H2,1H3,(H,27,28,29)/t15-,21+/m1/s1. The van der Waals surface area contributed by atoms with Crippen LogP contribution in [0.5, 0.6) is 5.75 Å². The number of nitrogens with zero attached hydrogens (tertiary/aromatic N) is 2. The highest BCUT2D eigenvalue weighted by Gasteiger charge is 2.20. The summed E-state index contributed by atoms with van der Waals surface area (Å²) in [7, 11) is 0. The molecule has 0 spiro atoms. The number of aromatic nitrogens is 2. The van der Waals surface area contributed by atoms with Crippen molar-refractivity contribution < 1.29 is 28.5 Å². The van der Waals surface area contributed by atoms with Crippen LogP contribution in [0.25, 0.3) is 11.1 Å². The fourth-order valence-corrected chi connectivity index (χ4v) is 3.22. The predicted molar refractivity (Wildman–Crippen MR) is 120 cm³/mol. The summed E-state index contributed by atoms with van der Waals surface area (Å²) in [5.74, 6) is -0.321. The molecule has 0 aliphatic rings. The van der Waals surface area contributed by atoms with Crippen molar-refractivity contribution in [1.29, 1.82) is 0 Å². The molecule has 1 aromatic heterocycles. The maximum absolute atomic E-state index is 12.3. The number of nitrogens with one attached hydrogen (secondary N) is 1. The monoisotopic (exact) mass is 457 g/mol. The zero-order chi connectivity index (χ0) is 23.8. The summed E-state index contributed by atoms with van der Waals surface area (Å²) in [6.07, 6.45) is 3.20. The summed E-state index contributed by atoms with van der Waals surface area (Å²) in [5, 5.41) is 22.1. The summed E-state index contributed by atoms with van der Waals surface area (Å²) in [6, 6.07) is 13.2. The van der Waals surface area contributed by atoms with E-state index in [0.717, 1.165) is 5.56 Å². The Bertz CT molecular complexity index is 1030. The Morgan fingerprint density at radius 3 is 2.21 bits per heavy atom. The van der Waals surface area contributed by atoms with Crippen molar-refractivity contribution in [2.75, 3.05) is 11.9 Å². The molecule has 0 unspecified atom stereocenters. The van der Waals surface area contributed by atoms with Gasteiger partial charge in [-0.3, -0.25) is 4.79 Å². The van der Waals surface area contributed by atoms with Gasteiger partial charge in [0.2, 0.25) is 5.95 Å². The molecule has 0 saturated heterocycles. The van der Waals surface area contributed by atoms with Gasteiger partial charge in [-0.05, 0) is 48.7 Å². The number of anilines is 2. The van der Waals surface area contributed by atoms with E-state index in [1.807, 2.05) is 0 Å². The van der Waals surface area contributed by atoms with Gasteiger partial charge in [-0.1, -0.05) is 24.3 Å². The van der Waals surface area contributed by atoms with Crippen molar-refractivity contribution in [3.05, 3.63) is 66.5 Å². The number of hydrogen-bond acceptors (Lipinski definition) is 7. The minimum atomic E-state index is -2.87. The maximum Gasteiger partial charge on any atom is 0.387 e. The number of ketones is 1. The van der Waals surface area contributed by atoms with Crippen molar-refractivity contribution in [3.63, 3.8) is 0 Å². The van der Waals surface area contributed by atoms with Crippen molar-refractivity contribution in [1.82, 2.24) is 9.97 Å². The number of Topliss-reactive ketones (excluding diaryl/α,β-unsaturated/α-hetero) is 1. The fourth-order valence-electron chi connectivity index (χ4n) is 3.22. The average Bonchev–Trinajstić information content (AvgIpc) is 2.80. The number of benzene rings is 2. The van der Waals surface area contributed by atoms with E-state index in [1.165, 1.54) is 12.1 Å². The number of carbonyl (C=O) groups is 1. The van der Waals surface area contributed by atoms with E-state index in [1.54, 1.807) is 55.7 Å². The highest BCUT2D eigenvalue weighted by atomic mass is 19.3. The van der Waals surface area contributed by atoms with Crippen LogP contribution in [0.15, 0.2) is 60.9 Å². The van der Waals surface area contributed by atoms with Gasteiger partial charge >= 0.3 is 6.61 Å². The Morgan fingerprint density at radius 1 is 1.03 bits per heavy atom. The molecule has 2 aromatic carbocycles. The van der Waals surface area contributed by atoms with Gasteiger partial charge in [0.15, 0.2) is 0 Å². The van der Waals surface area contributed by atoms with Gasteiger partial charge in [0.25, 0.3) is 0 Å². The van der Waals surface area contributed by atoms with Gasteiger partial charge in [-0.15, -0.1) is 0 Å². The number of alkyl halides is 2. The Labute approximate surface area is 190 Å². The molecule has 1 heterocycles. The van der Waals surface area contributed by atoms with Crippen LogP contribution in [0.1, 0.15) is 31.2 Å². The Balaban J connectivity index is 1.62. The van der Waals surface area contributed by atoms with Gasteiger partial charge in [0.05, 0.1) is 18.6 Å². The van der Waals surface area contributed by atoms with E-state index in [4.69, 9.17) is 0 Å². The molecule has 0 aliphatic heterocycles. The van der Waals surface area contributed by atoms with E-state index < -0.39 is 18.6 Å². The minimum absolute atomic E-state index is 0.0736. The molecule has 0 radical (unpaired) electrons. The number of halogens is 2. The molecular formula is C24H25F2N3O4. The molecule has 9 heteroatoms. The lowest BCUT2D eigenvalue weighted by Gasteiger charge is -2.15. The first-order chi connectivity index (χ1) is 15.9. The summed E-state index contributed by atoms with van der Waals surface area (Å²) >= 11 is 0. The van der Waals surface area contributed by atoms with Crippen LogP contribution >= 0.6 is 0 Å². The van der Waals surface area contributed by atoms with Crippen LogP contribution in [-0.2, 0) is 4.79 Å². The minimum Gasteiger partial charge on any atom is -0.435 e. The lowest BCUT2D eigenvalue weighted by atomic mass is 9.92. The smallest absolute Gasteiger partial charge is 0.387 e. The number of ether oxygens (including phenoxy) is 1. The SMILES string of the molecule is C[C@@H](O)CCC(=O)[C@@H](CO)c1ccc(Nc2ncc(-c3ccc(OC(F)F)cc3)cn2)cc1. The zero-order valence-electron chi connectivity index (χ0n) is 18.0. The first-order valence-corrected chi connectivity index (χ1v) is 10.4. The second kappa shape index (κ2) is 11.4. The average molecular weight is 457 g/mol. The third-order valence-electron chi connectivity index (χ3n) is 5.01. The van der Waals surface area contributed by atoms with Crippen LogP contribution < -0.4 is 10.1 Å². The Morgan fingerprint density at radius 2 is 1.67 bits per heavy atom. The zero-order valence-corrected chi connectivity index (χ0v) is 18.0. The van der Waals surface area contributed by atoms with Crippen molar-refractivity contribution >= 4 is 17.4 Å². The molecule has 3 aromatic rings. The lowest BCUT2D eigenvalue weighted by molar-refractivity contribution is -0.121. The normalized spacial score (nSPS) is 12.9. The second-order valence-corrected chi connectivity index (χ2v) is 7.53. The fraction of sp³-hybridized carbons (Fsp3) is 0.292. The largest absolute Gasteiger partial charge is 0.435 e. The van der Waals surface area contributed by atoms with E-state index in [-0.39, 0.29) is 24.6 Å². The lowest BCUT2D eigenvalue weighted by Crippen LogP contribution is -2.18. The molecule has 7 nitrogen and oxygen atoms in total. The third-order valence-corrected chi connectivity index (χ3v) is 5.01. The highest BCUT2D eigenvalue weighted by molar-refractivity contribution is 5.86. The van der Waals surface area contributed by atoms with Gasteiger partial charge < -0.3 is 20.3 Å².